The van der Waals surface area contributed by atoms with E-state index < -0.39 is 0 Å². The Morgan fingerprint density at radius 2 is 2.33 bits per heavy atom. The topological polar surface area (TPSA) is 79.9 Å². The average molecular weight is 256 g/mol. The number of rotatable bonds is 6. The van der Waals surface area contributed by atoms with E-state index in [1.54, 1.807) is 0 Å². The summed E-state index contributed by atoms with van der Waals surface area (Å²) in [5.41, 5.74) is 5.78. The van der Waals surface area contributed by atoms with Gasteiger partial charge in [0.1, 0.15) is 0 Å². The number of oxime groups is 1. The number of nitrogens with zero attached hydrogens (tertiary/aromatic N) is 2. The molecule has 3 N–H and O–H groups in total. The van der Waals surface area contributed by atoms with Crippen LogP contribution in [0.25, 0.3) is 0 Å². The third-order valence-corrected chi connectivity index (χ3v) is 3.06. The average Bonchev–Trinajstić information content (AvgIpc) is 2.32. The van der Waals surface area contributed by atoms with Gasteiger partial charge in [0.05, 0.1) is 6.54 Å². The number of hydrogen-bond donors (Lipinski definition) is 2. The van der Waals surface area contributed by atoms with Crippen molar-refractivity contribution in [3.8, 4) is 0 Å². The predicted octanol–water partition coefficient (Wildman–Crippen LogP) is 0.286. The molecule has 0 aromatic rings. The van der Waals surface area contributed by atoms with Gasteiger partial charge in [-0.25, -0.2) is 0 Å². The summed E-state index contributed by atoms with van der Waals surface area (Å²) in [6, 6.07) is 0.538. The lowest BCUT2D eigenvalue weighted by Gasteiger charge is -2.32. The van der Waals surface area contributed by atoms with E-state index in [1.165, 1.54) is 19.3 Å². The summed E-state index contributed by atoms with van der Waals surface area (Å²) in [6.07, 6.45) is 3.69. The summed E-state index contributed by atoms with van der Waals surface area (Å²) in [6.45, 7) is 6.22. The van der Waals surface area contributed by atoms with Crippen LogP contribution in [0.5, 0.6) is 0 Å². The minimum Gasteiger partial charge on any atom is -0.384 e. The van der Waals surface area contributed by atoms with E-state index in [4.69, 9.17) is 10.6 Å². The predicted molar refractivity (Wildman–Crippen MR) is 71.1 cm³/mol. The summed E-state index contributed by atoms with van der Waals surface area (Å²) < 4.78 is 0. The maximum absolute atomic E-state index is 11.1. The fourth-order valence-electron chi connectivity index (χ4n) is 2.05. The third-order valence-electron chi connectivity index (χ3n) is 3.06. The Kier molecular flexibility index (Phi) is 6.49. The Morgan fingerprint density at radius 1 is 1.56 bits per heavy atom. The molecule has 0 spiro atoms. The Bertz CT molecular complexity index is 294. The Morgan fingerprint density at radius 3 is 3.00 bits per heavy atom. The highest BCUT2D eigenvalue weighted by Gasteiger charge is 2.18. The van der Waals surface area contributed by atoms with Crippen LogP contribution in [0.3, 0.4) is 0 Å². The highest BCUT2D eigenvalue weighted by Crippen LogP contribution is 2.15. The Labute approximate surface area is 109 Å². The molecule has 18 heavy (non-hydrogen) atoms. The van der Waals surface area contributed by atoms with Gasteiger partial charge in [0.15, 0.2) is 12.4 Å². The summed E-state index contributed by atoms with van der Waals surface area (Å²) in [7, 11) is 0. The number of nitrogens with two attached hydrogens (primary N) is 1. The standard InChI is InChI=1S/C12H24N4O2/c1-3-14-12(17)9-18-15-11(13)8-16-7-5-4-6-10(16)2/h10H,3-9H2,1-2H3,(H2,13,15)(H,14,17). The minimum absolute atomic E-state index is 0.0793. The Balaban J connectivity index is 2.26. The van der Waals surface area contributed by atoms with Crippen molar-refractivity contribution in [2.45, 2.75) is 39.2 Å². The van der Waals surface area contributed by atoms with Crippen LogP contribution in [-0.4, -0.2) is 48.9 Å². The summed E-state index contributed by atoms with van der Waals surface area (Å²) in [5, 5.41) is 6.39. The van der Waals surface area contributed by atoms with Gasteiger partial charge in [-0.3, -0.25) is 9.69 Å². The number of carbonyl (C=O) groups is 1. The minimum atomic E-state index is -0.180. The maximum Gasteiger partial charge on any atom is 0.260 e. The van der Waals surface area contributed by atoms with Crippen LogP contribution in [0.2, 0.25) is 0 Å². The normalized spacial score (nSPS) is 21.7. The van der Waals surface area contributed by atoms with Gasteiger partial charge in [0, 0.05) is 12.6 Å². The number of amidine groups is 1. The van der Waals surface area contributed by atoms with Crippen molar-refractivity contribution in [1.82, 2.24) is 10.2 Å². The molecule has 1 aliphatic rings. The SMILES string of the molecule is CCNC(=O)CO/N=C(/N)CN1CCCCC1C. The first-order chi connectivity index (χ1) is 8.63. The van der Waals surface area contributed by atoms with Crippen LogP contribution >= 0.6 is 0 Å². The van der Waals surface area contributed by atoms with Gasteiger partial charge in [-0.1, -0.05) is 11.6 Å². The lowest BCUT2D eigenvalue weighted by Crippen LogP contribution is -2.43. The van der Waals surface area contributed by atoms with Gasteiger partial charge in [-0.05, 0) is 33.2 Å². The zero-order valence-electron chi connectivity index (χ0n) is 11.3. The number of likely N-dealkylation sites (N-methyl/N-ethyl adjacent to an activating group) is 1. The number of nitrogens with one attached hydrogen (secondary N) is 1. The lowest BCUT2D eigenvalue weighted by atomic mass is 10.0. The first-order valence-corrected chi connectivity index (χ1v) is 6.58. The molecule has 0 saturated carbocycles. The molecule has 6 heteroatoms. The van der Waals surface area contributed by atoms with Crippen molar-refractivity contribution < 1.29 is 9.63 Å². The van der Waals surface area contributed by atoms with Crippen LogP contribution in [-0.2, 0) is 9.63 Å². The first kappa shape index (κ1) is 14.8. The fraction of sp³-hybridized carbons (Fsp3) is 0.833. The summed E-state index contributed by atoms with van der Waals surface area (Å²) in [4.78, 5) is 18.3. The van der Waals surface area contributed by atoms with Crippen LogP contribution in [0.15, 0.2) is 5.16 Å². The molecule has 104 valence electrons. The smallest absolute Gasteiger partial charge is 0.260 e. The van der Waals surface area contributed by atoms with Gasteiger partial charge < -0.3 is 15.9 Å². The quantitative estimate of drug-likeness (QED) is 0.406. The van der Waals surface area contributed by atoms with Crippen molar-refractivity contribution in [2.24, 2.45) is 10.9 Å². The molecule has 6 nitrogen and oxygen atoms in total. The zero-order valence-corrected chi connectivity index (χ0v) is 11.3. The number of carbonyl (C=O) groups excluding carboxylic acids is 1. The highest BCUT2D eigenvalue weighted by atomic mass is 16.6. The third kappa shape index (κ3) is 5.35. The van der Waals surface area contributed by atoms with Crippen LogP contribution in [0.4, 0.5) is 0 Å². The van der Waals surface area contributed by atoms with Gasteiger partial charge in [-0.2, -0.15) is 0 Å². The van der Waals surface area contributed by atoms with Gasteiger partial charge in [-0.15, -0.1) is 0 Å². The molecule has 1 saturated heterocycles. The van der Waals surface area contributed by atoms with E-state index >= 15 is 0 Å². The monoisotopic (exact) mass is 256 g/mol. The van der Waals surface area contributed by atoms with Crippen molar-refractivity contribution in [2.75, 3.05) is 26.2 Å². The molecule has 1 aliphatic heterocycles. The Hall–Kier alpha value is -1.30. The first-order valence-electron chi connectivity index (χ1n) is 6.58. The van der Waals surface area contributed by atoms with E-state index in [-0.39, 0.29) is 12.5 Å². The molecule has 1 rings (SSSR count). The molecular formula is C12H24N4O2. The highest BCUT2D eigenvalue weighted by molar-refractivity contribution is 5.82. The molecule has 0 bridgehead atoms. The van der Waals surface area contributed by atoms with Gasteiger partial charge >= 0.3 is 0 Å². The summed E-state index contributed by atoms with van der Waals surface area (Å²) >= 11 is 0. The van der Waals surface area contributed by atoms with Crippen LogP contribution in [0.1, 0.15) is 33.1 Å². The lowest BCUT2D eigenvalue weighted by molar-refractivity contribution is -0.125. The molecule has 0 aromatic heterocycles. The van der Waals surface area contributed by atoms with Gasteiger partial charge in [0.25, 0.3) is 5.91 Å². The second kappa shape index (κ2) is 7.92. The fourth-order valence-corrected chi connectivity index (χ4v) is 2.05. The van der Waals surface area contributed by atoms with E-state index in [1.807, 2.05) is 6.92 Å². The molecule has 0 aromatic carbocycles. The molecule has 1 atom stereocenters. The van der Waals surface area contributed by atoms with Crippen molar-refractivity contribution in [3.63, 3.8) is 0 Å². The van der Waals surface area contributed by atoms with Crippen molar-refractivity contribution in [3.05, 3.63) is 0 Å². The molecule has 1 amide bonds. The number of hydrogen-bond acceptors (Lipinski definition) is 4. The molecular weight excluding hydrogens is 232 g/mol. The number of piperidine rings is 1. The van der Waals surface area contributed by atoms with Crippen LogP contribution in [0, 0.1) is 0 Å². The van der Waals surface area contributed by atoms with E-state index in [2.05, 4.69) is 22.3 Å². The van der Waals surface area contributed by atoms with Crippen molar-refractivity contribution in [1.29, 1.82) is 0 Å². The summed E-state index contributed by atoms with van der Waals surface area (Å²) in [5.74, 6) is 0.244. The zero-order chi connectivity index (χ0) is 13.4. The van der Waals surface area contributed by atoms with Crippen LogP contribution < -0.4 is 11.1 Å². The van der Waals surface area contributed by atoms with E-state index in [0.29, 0.717) is 25.0 Å². The number of amides is 1. The molecule has 1 heterocycles. The van der Waals surface area contributed by atoms with E-state index in [0.717, 1.165) is 6.54 Å². The second-order valence-corrected chi connectivity index (χ2v) is 4.62. The largest absolute Gasteiger partial charge is 0.384 e. The second-order valence-electron chi connectivity index (χ2n) is 4.62. The number of likely N-dealkylation sites (tertiary alicyclic amines) is 1. The molecule has 0 aliphatic carbocycles. The van der Waals surface area contributed by atoms with Crippen molar-refractivity contribution >= 4 is 11.7 Å². The van der Waals surface area contributed by atoms with E-state index in [9.17, 15) is 4.79 Å². The van der Waals surface area contributed by atoms with Gasteiger partial charge in [0.2, 0.25) is 0 Å². The maximum atomic E-state index is 11.1. The molecule has 0 radical (unpaired) electrons. The molecule has 1 unspecified atom stereocenters. The molecule has 1 fully saturated rings.